The highest BCUT2D eigenvalue weighted by Gasteiger charge is 2.27. The highest BCUT2D eigenvalue weighted by atomic mass is 79.9. The van der Waals surface area contributed by atoms with Gasteiger partial charge in [0.1, 0.15) is 5.69 Å². The monoisotopic (exact) mass is 612 g/mol. The van der Waals surface area contributed by atoms with Crippen molar-refractivity contribution < 1.29 is 13.2 Å². The number of rotatable bonds is 6. The van der Waals surface area contributed by atoms with Crippen LogP contribution in [0.5, 0.6) is 0 Å². The highest BCUT2D eigenvalue weighted by molar-refractivity contribution is 9.10. The van der Waals surface area contributed by atoms with Gasteiger partial charge in [0.15, 0.2) is 9.84 Å². The van der Waals surface area contributed by atoms with Gasteiger partial charge >= 0.3 is 0 Å². The molecule has 4 aromatic rings. The third-order valence-corrected chi connectivity index (χ3v) is 8.79. The highest BCUT2D eigenvalue weighted by Crippen LogP contribution is 2.34. The van der Waals surface area contributed by atoms with Crippen molar-refractivity contribution >= 4 is 43.3 Å². The molecule has 1 fully saturated rings. The number of hydrogen-bond donors (Lipinski definition) is 0. The SMILES string of the molecule is CS(=O)(=O)c1cccc(-c2cn(Cc3ccccc3C(=O)N3CCC(c4ccc(Br)cc4Cl)CC3)nn2)c1. The lowest BCUT2D eigenvalue weighted by molar-refractivity contribution is 0.0711. The molecule has 38 heavy (non-hydrogen) atoms. The van der Waals surface area contributed by atoms with Crippen LogP contribution < -0.4 is 0 Å². The van der Waals surface area contributed by atoms with Crippen LogP contribution in [0.4, 0.5) is 0 Å². The summed E-state index contributed by atoms with van der Waals surface area (Å²) in [7, 11) is -3.33. The van der Waals surface area contributed by atoms with Crippen LogP contribution in [0.3, 0.4) is 0 Å². The zero-order chi connectivity index (χ0) is 26.9. The van der Waals surface area contributed by atoms with Crippen LogP contribution >= 0.6 is 27.5 Å². The van der Waals surface area contributed by atoms with Crippen LogP contribution in [0.1, 0.15) is 40.2 Å². The molecule has 1 aromatic heterocycles. The Morgan fingerprint density at radius 2 is 1.82 bits per heavy atom. The molecule has 0 spiro atoms. The summed E-state index contributed by atoms with van der Waals surface area (Å²) < 4.78 is 26.5. The van der Waals surface area contributed by atoms with Gasteiger partial charge in [-0.1, -0.05) is 69.1 Å². The summed E-state index contributed by atoms with van der Waals surface area (Å²) in [6.45, 7) is 1.69. The molecule has 2 heterocycles. The number of benzene rings is 3. The van der Waals surface area contributed by atoms with E-state index in [0.29, 0.717) is 42.4 Å². The summed E-state index contributed by atoms with van der Waals surface area (Å²) in [5.41, 5.74) is 3.84. The number of halogens is 2. The van der Waals surface area contributed by atoms with Crippen molar-refractivity contribution in [3.05, 3.63) is 99.1 Å². The first kappa shape index (κ1) is 26.6. The maximum Gasteiger partial charge on any atom is 0.254 e. The van der Waals surface area contributed by atoms with Crippen molar-refractivity contribution in [1.29, 1.82) is 0 Å². The molecule has 1 aliphatic rings. The minimum Gasteiger partial charge on any atom is -0.339 e. The Kier molecular flexibility index (Phi) is 7.70. The number of piperidine rings is 1. The van der Waals surface area contributed by atoms with Gasteiger partial charge in [-0.2, -0.15) is 0 Å². The number of sulfone groups is 1. The lowest BCUT2D eigenvalue weighted by Gasteiger charge is -2.33. The second kappa shape index (κ2) is 11.0. The molecule has 1 aliphatic heterocycles. The Balaban J connectivity index is 1.29. The number of aromatic nitrogens is 3. The summed E-state index contributed by atoms with van der Waals surface area (Å²) in [6, 6.07) is 20.2. The molecule has 0 N–H and O–H groups in total. The van der Waals surface area contributed by atoms with Gasteiger partial charge in [0.25, 0.3) is 5.91 Å². The number of carbonyl (C=O) groups is 1. The van der Waals surface area contributed by atoms with Gasteiger partial charge in [0.2, 0.25) is 0 Å². The Hall–Kier alpha value is -3.01. The fourth-order valence-corrected chi connectivity index (χ4v) is 6.33. The van der Waals surface area contributed by atoms with Crippen LogP contribution in [-0.4, -0.2) is 53.6 Å². The van der Waals surface area contributed by atoms with Crippen LogP contribution in [0, 0.1) is 0 Å². The lowest BCUT2D eigenvalue weighted by atomic mass is 9.89. The Morgan fingerprint density at radius 1 is 1.05 bits per heavy atom. The molecular formula is C28H26BrClN4O3S. The molecule has 10 heteroatoms. The van der Waals surface area contributed by atoms with Gasteiger partial charge in [-0.15, -0.1) is 5.10 Å². The summed E-state index contributed by atoms with van der Waals surface area (Å²) in [4.78, 5) is 15.7. The van der Waals surface area contributed by atoms with Crippen molar-refractivity contribution in [3.63, 3.8) is 0 Å². The first-order valence-electron chi connectivity index (χ1n) is 12.2. The van der Waals surface area contributed by atoms with Crippen molar-refractivity contribution in [1.82, 2.24) is 19.9 Å². The average molecular weight is 614 g/mol. The largest absolute Gasteiger partial charge is 0.339 e. The average Bonchev–Trinajstić information content (AvgIpc) is 3.37. The predicted molar refractivity (Wildman–Crippen MR) is 151 cm³/mol. The summed E-state index contributed by atoms with van der Waals surface area (Å²) >= 11 is 9.93. The van der Waals surface area contributed by atoms with Gasteiger partial charge < -0.3 is 4.90 Å². The maximum absolute atomic E-state index is 13.5. The molecule has 0 bridgehead atoms. The molecule has 5 rings (SSSR count). The second-order valence-corrected chi connectivity index (χ2v) is 12.8. The van der Waals surface area contributed by atoms with Crippen LogP contribution in [0.25, 0.3) is 11.3 Å². The van der Waals surface area contributed by atoms with Crippen molar-refractivity contribution in [2.45, 2.75) is 30.2 Å². The topological polar surface area (TPSA) is 85.2 Å². The maximum atomic E-state index is 13.5. The molecule has 0 unspecified atom stereocenters. The molecule has 0 radical (unpaired) electrons. The smallest absolute Gasteiger partial charge is 0.254 e. The van der Waals surface area contributed by atoms with E-state index in [-0.39, 0.29) is 10.8 Å². The molecule has 0 atom stereocenters. The minimum atomic E-state index is -3.33. The minimum absolute atomic E-state index is 0.00199. The molecule has 3 aromatic carbocycles. The number of amides is 1. The molecule has 0 aliphatic carbocycles. The fourth-order valence-electron chi connectivity index (χ4n) is 4.83. The van der Waals surface area contributed by atoms with Crippen molar-refractivity contribution in [2.75, 3.05) is 19.3 Å². The molecule has 1 saturated heterocycles. The standard InChI is InChI=1S/C28H26BrClN4O3S/c1-38(36,37)23-7-4-6-20(15-23)27-18-34(32-31-27)17-21-5-2-3-8-25(21)28(35)33-13-11-19(12-14-33)24-10-9-22(29)16-26(24)30/h2-10,15-16,18-19H,11-14,17H2,1H3. The van der Waals surface area contributed by atoms with Crippen LogP contribution in [0.2, 0.25) is 5.02 Å². The Bertz CT molecular complexity index is 1600. The van der Waals surface area contributed by atoms with Crippen LogP contribution in [-0.2, 0) is 16.4 Å². The first-order valence-corrected chi connectivity index (χ1v) is 15.3. The summed E-state index contributed by atoms with van der Waals surface area (Å²) in [5.74, 6) is 0.326. The van der Waals surface area contributed by atoms with E-state index in [1.807, 2.05) is 41.3 Å². The van der Waals surface area contributed by atoms with Gasteiger partial charge in [0, 0.05) is 40.0 Å². The van der Waals surface area contributed by atoms with Crippen LogP contribution in [0.15, 0.2) is 82.3 Å². The molecule has 196 valence electrons. The van der Waals surface area contributed by atoms with Gasteiger partial charge in [0.05, 0.1) is 17.6 Å². The normalized spacial score (nSPS) is 14.6. The van der Waals surface area contributed by atoms with Crippen molar-refractivity contribution in [3.8, 4) is 11.3 Å². The molecular weight excluding hydrogens is 588 g/mol. The van der Waals surface area contributed by atoms with Gasteiger partial charge in [-0.3, -0.25) is 4.79 Å². The predicted octanol–water partition coefficient (Wildman–Crippen LogP) is 5.83. The molecule has 0 saturated carbocycles. The second-order valence-electron chi connectivity index (χ2n) is 9.49. The molecule has 1 amide bonds. The zero-order valence-electron chi connectivity index (χ0n) is 20.7. The van der Waals surface area contributed by atoms with E-state index in [0.717, 1.165) is 33.5 Å². The number of likely N-dealkylation sites (tertiary alicyclic amines) is 1. The number of carbonyl (C=O) groups excluding carboxylic acids is 1. The van der Waals surface area contributed by atoms with E-state index in [1.54, 1.807) is 35.1 Å². The number of hydrogen-bond acceptors (Lipinski definition) is 5. The van der Waals surface area contributed by atoms with E-state index in [1.165, 1.54) is 6.26 Å². The third-order valence-electron chi connectivity index (χ3n) is 6.86. The van der Waals surface area contributed by atoms with E-state index in [2.05, 4.69) is 32.3 Å². The molecule has 7 nitrogen and oxygen atoms in total. The lowest BCUT2D eigenvalue weighted by Crippen LogP contribution is -2.38. The third kappa shape index (κ3) is 5.85. The van der Waals surface area contributed by atoms with Crippen molar-refractivity contribution in [2.24, 2.45) is 0 Å². The van der Waals surface area contributed by atoms with E-state index < -0.39 is 9.84 Å². The Morgan fingerprint density at radius 3 is 2.55 bits per heavy atom. The quantitative estimate of drug-likeness (QED) is 0.273. The first-order chi connectivity index (χ1) is 18.2. The summed E-state index contributed by atoms with van der Waals surface area (Å²) in [6.07, 6.45) is 4.65. The van der Waals surface area contributed by atoms with E-state index in [4.69, 9.17) is 11.6 Å². The Labute approximate surface area is 235 Å². The zero-order valence-corrected chi connectivity index (χ0v) is 23.9. The number of nitrogens with zero attached hydrogens (tertiary/aromatic N) is 4. The fraction of sp³-hybridized carbons (Fsp3) is 0.250. The van der Waals surface area contributed by atoms with E-state index >= 15 is 0 Å². The van der Waals surface area contributed by atoms with E-state index in [9.17, 15) is 13.2 Å². The summed E-state index contributed by atoms with van der Waals surface area (Å²) in [5, 5.41) is 9.21. The van der Waals surface area contributed by atoms with Gasteiger partial charge in [-0.25, -0.2) is 13.1 Å². The van der Waals surface area contributed by atoms with Gasteiger partial charge in [-0.05, 0) is 60.2 Å².